The quantitative estimate of drug-likeness (QED) is 0.710. The number of hydrogen-bond donors (Lipinski definition) is 1. The van der Waals surface area contributed by atoms with Crippen LogP contribution in [-0.2, 0) is 12.8 Å². The van der Waals surface area contributed by atoms with Crippen molar-refractivity contribution in [3.05, 3.63) is 48.8 Å². The molecule has 0 spiro atoms. The summed E-state index contributed by atoms with van der Waals surface area (Å²) in [4.78, 5) is 4.39. The smallest absolute Gasteiger partial charge is 0.0465 e. The summed E-state index contributed by atoms with van der Waals surface area (Å²) in [6.45, 7) is 7.32. The molecule has 0 atom stereocenters. The van der Waals surface area contributed by atoms with Gasteiger partial charge in [-0.15, -0.1) is 13.2 Å². The highest BCUT2D eigenvalue weighted by atomic mass is 14.7. The lowest BCUT2D eigenvalue weighted by Crippen LogP contribution is -1.97. The van der Waals surface area contributed by atoms with Crippen LogP contribution in [0.2, 0.25) is 0 Å². The number of aromatic nitrogens is 1. The van der Waals surface area contributed by atoms with Gasteiger partial charge in [0.05, 0.1) is 0 Å². The number of pyridine rings is 1. The van der Waals surface area contributed by atoms with Gasteiger partial charge in [0.1, 0.15) is 0 Å². The SMILES string of the molecule is C=CCc1cc(N)cc(CC=C)n1. The van der Waals surface area contributed by atoms with E-state index in [0.717, 1.165) is 29.9 Å². The van der Waals surface area contributed by atoms with Crippen LogP contribution in [0.1, 0.15) is 11.4 Å². The standard InChI is InChI=1S/C11H14N2/c1-3-5-10-7-9(12)8-11(13-10)6-4-2/h3-4,7-8H,1-2,5-6H2,(H2,12,13). The summed E-state index contributed by atoms with van der Waals surface area (Å²) >= 11 is 0. The van der Waals surface area contributed by atoms with E-state index >= 15 is 0 Å². The number of allylic oxidation sites excluding steroid dienone is 2. The first-order chi connectivity index (χ1) is 6.26. The maximum absolute atomic E-state index is 5.71. The Kier molecular flexibility index (Phi) is 3.26. The van der Waals surface area contributed by atoms with E-state index in [2.05, 4.69) is 18.1 Å². The minimum Gasteiger partial charge on any atom is -0.399 e. The van der Waals surface area contributed by atoms with Crippen LogP contribution in [0.3, 0.4) is 0 Å². The van der Waals surface area contributed by atoms with Crippen LogP contribution in [0.25, 0.3) is 0 Å². The molecular formula is C11H14N2. The third-order valence-corrected chi connectivity index (χ3v) is 1.66. The highest BCUT2D eigenvalue weighted by Crippen LogP contribution is 2.09. The summed E-state index contributed by atoms with van der Waals surface area (Å²) in [5.74, 6) is 0. The lowest BCUT2D eigenvalue weighted by atomic mass is 10.2. The fraction of sp³-hybridized carbons (Fsp3) is 0.182. The minimum atomic E-state index is 0.753. The van der Waals surface area contributed by atoms with Crippen molar-refractivity contribution in [1.29, 1.82) is 0 Å². The maximum atomic E-state index is 5.71. The van der Waals surface area contributed by atoms with Gasteiger partial charge in [-0.3, -0.25) is 4.98 Å². The Morgan fingerprint density at radius 2 is 1.62 bits per heavy atom. The van der Waals surface area contributed by atoms with E-state index in [4.69, 9.17) is 5.73 Å². The Bertz CT molecular complexity index is 288. The van der Waals surface area contributed by atoms with Gasteiger partial charge >= 0.3 is 0 Å². The van der Waals surface area contributed by atoms with E-state index < -0.39 is 0 Å². The topological polar surface area (TPSA) is 38.9 Å². The molecule has 0 saturated carbocycles. The molecule has 1 aromatic rings. The van der Waals surface area contributed by atoms with Crippen molar-refractivity contribution in [3.8, 4) is 0 Å². The molecule has 0 aromatic carbocycles. The number of nitrogens with two attached hydrogens (primary N) is 1. The molecule has 13 heavy (non-hydrogen) atoms. The Balaban J connectivity index is 2.95. The van der Waals surface area contributed by atoms with E-state index in [0.29, 0.717) is 0 Å². The van der Waals surface area contributed by atoms with Crippen LogP contribution in [0, 0.1) is 0 Å². The molecule has 0 fully saturated rings. The summed E-state index contributed by atoms with van der Waals surface area (Å²) in [6, 6.07) is 3.74. The van der Waals surface area contributed by atoms with Crippen molar-refractivity contribution in [3.63, 3.8) is 0 Å². The summed E-state index contributed by atoms with van der Waals surface area (Å²) < 4.78 is 0. The fourth-order valence-corrected chi connectivity index (χ4v) is 1.18. The molecule has 0 saturated heterocycles. The Hall–Kier alpha value is -1.57. The lowest BCUT2D eigenvalue weighted by Gasteiger charge is -2.02. The van der Waals surface area contributed by atoms with E-state index in [1.807, 2.05) is 24.3 Å². The zero-order valence-corrected chi connectivity index (χ0v) is 7.66. The van der Waals surface area contributed by atoms with Crippen LogP contribution in [0.4, 0.5) is 5.69 Å². The van der Waals surface area contributed by atoms with Crippen LogP contribution in [-0.4, -0.2) is 4.98 Å². The molecule has 0 radical (unpaired) electrons. The van der Waals surface area contributed by atoms with E-state index in [1.165, 1.54) is 0 Å². The summed E-state index contributed by atoms with van der Waals surface area (Å²) in [6.07, 6.45) is 5.16. The van der Waals surface area contributed by atoms with Gasteiger partial charge in [0.2, 0.25) is 0 Å². The Morgan fingerprint density at radius 1 is 1.15 bits per heavy atom. The van der Waals surface area contributed by atoms with Gasteiger partial charge in [0.25, 0.3) is 0 Å². The monoisotopic (exact) mass is 174 g/mol. The average Bonchev–Trinajstić information content (AvgIpc) is 2.04. The van der Waals surface area contributed by atoms with E-state index in [-0.39, 0.29) is 0 Å². The predicted octanol–water partition coefficient (Wildman–Crippen LogP) is 2.12. The first kappa shape index (κ1) is 9.52. The molecule has 0 amide bonds. The third-order valence-electron chi connectivity index (χ3n) is 1.66. The summed E-state index contributed by atoms with van der Waals surface area (Å²) in [5, 5.41) is 0. The first-order valence-corrected chi connectivity index (χ1v) is 4.23. The van der Waals surface area contributed by atoms with Gasteiger partial charge in [-0.25, -0.2) is 0 Å². The zero-order chi connectivity index (χ0) is 9.68. The van der Waals surface area contributed by atoms with Gasteiger partial charge in [0.15, 0.2) is 0 Å². The van der Waals surface area contributed by atoms with Gasteiger partial charge < -0.3 is 5.73 Å². The number of nitrogens with zero attached hydrogens (tertiary/aromatic N) is 1. The molecule has 0 aliphatic heterocycles. The molecule has 0 aliphatic carbocycles. The molecular weight excluding hydrogens is 160 g/mol. The lowest BCUT2D eigenvalue weighted by molar-refractivity contribution is 1.03. The largest absolute Gasteiger partial charge is 0.399 e. The van der Waals surface area contributed by atoms with Gasteiger partial charge in [-0.05, 0) is 12.1 Å². The normalized spacial score (nSPS) is 9.54. The number of hydrogen-bond acceptors (Lipinski definition) is 2. The van der Waals surface area contributed by atoms with E-state index in [9.17, 15) is 0 Å². The highest BCUT2D eigenvalue weighted by Gasteiger charge is 1.97. The van der Waals surface area contributed by atoms with Crippen LogP contribution < -0.4 is 5.73 Å². The second-order valence-corrected chi connectivity index (χ2v) is 2.87. The third kappa shape index (κ3) is 2.75. The maximum Gasteiger partial charge on any atom is 0.0465 e. The van der Waals surface area contributed by atoms with Crippen molar-refractivity contribution in [2.24, 2.45) is 0 Å². The number of anilines is 1. The molecule has 2 nitrogen and oxygen atoms in total. The van der Waals surface area contributed by atoms with Crippen molar-refractivity contribution in [2.75, 3.05) is 5.73 Å². The van der Waals surface area contributed by atoms with Crippen molar-refractivity contribution in [1.82, 2.24) is 4.98 Å². The molecule has 1 rings (SSSR count). The molecule has 1 aromatic heterocycles. The van der Waals surface area contributed by atoms with Gasteiger partial charge in [-0.2, -0.15) is 0 Å². The summed E-state index contributed by atoms with van der Waals surface area (Å²) in [5.41, 5.74) is 8.39. The number of rotatable bonds is 4. The molecule has 0 bridgehead atoms. The second kappa shape index (κ2) is 4.45. The van der Waals surface area contributed by atoms with Crippen LogP contribution in [0.5, 0.6) is 0 Å². The molecule has 2 N–H and O–H groups in total. The molecule has 1 heterocycles. The molecule has 68 valence electrons. The molecule has 0 aliphatic rings. The second-order valence-electron chi connectivity index (χ2n) is 2.87. The molecule has 2 heteroatoms. The Morgan fingerprint density at radius 3 is 2.00 bits per heavy atom. The van der Waals surface area contributed by atoms with Crippen molar-refractivity contribution < 1.29 is 0 Å². The van der Waals surface area contributed by atoms with Gasteiger partial charge in [0, 0.05) is 29.9 Å². The van der Waals surface area contributed by atoms with Crippen molar-refractivity contribution >= 4 is 5.69 Å². The zero-order valence-electron chi connectivity index (χ0n) is 7.66. The van der Waals surface area contributed by atoms with Crippen LogP contribution >= 0.6 is 0 Å². The average molecular weight is 174 g/mol. The summed E-state index contributed by atoms with van der Waals surface area (Å²) in [7, 11) is 0. The molecule has 0 unspecified atom stereocenters. The predicted molar refractivity (Wildman–Crippen MR) is 56.5 cm³/mol. The highest BCUT2D eigenvalue weighted by molar-refractivity contribution is 5.41. The van der Waals surface area contributed by atoms with Crippen LogP contribution in [0.15, 0.2) is 37.4 Å². The number of nitrogen functional groups attached to an aromatic ring is 1. The Labute approximate surface area is 78.8 Å². The van der Waals surface area contributed by atoms with E-state index in [1.54, 1.807) is 0 Å². The minimum absolute atomic E-state index is 0.753. The first-order valence-electron chi connectivity index (χ1n) is 4.23. The van der Waals surface area contributed by atoms with Crippen molar-refractivity contribution in [2.45, 2.75) is 12.8 Å². The van der Waals surface area contributed by atoms with Gasteiger partial charge in [-0.1, -0.05) is 12.2 Å². The fourth-order valence-electron chi connectivity index (χ4n) is 1.18.